The number of methoxy groups -OCH3 is 1. The summed E-state index contributed by atoms with van der Waals surface area (Å²) in [5.74, 6) is -0.0174. The van der Waals surface area contributed by atoms with Crippen molar-refractivity contribution in [3.05, 3.63) is 74.2 Å². The highest BCUT2D eigenvalue weighted by Gasteiger charge is 2.40. The van der Waals surface area contributed by atoms with Crippen LogP contribution in [0.1, 0.15) is 44.9 Å². The number of carbonyl (C=O) groups is 2. The maximum Gasteiger partial charge on any atom is 0.269 e. The van der Waals surface area contributed by atoms with Crippen molar-refractivity contribution in [1.29, 1.82) is 0 Å². The van der Waals surface area contributed by atoms with E-state index in [1.807, 2.05) is 24.3 Å². The second-order valence-corrected chi connectivity index (χ2v) is 8.95. The van der Waals surface area contributed by atoms with Crippen molar-refractivity contribution < 1.29 is 14.3 Å². The fraction of sp³-hybridized carbons (Fsp3) is 0.227. The first-order valence-corrected chi connectivity index (χ1v) is 11.2. The van der Waals surface area contributed by atoms with Gasteiger partial charge in [-0.15, -0.1) is 11.3 Å². The standard InChI is InChI=1S/C22H19Cl2N3O3S/c1-30-17-7-10-31-19(17)21(29)26-14-5-3-13(4-6-14)22(8-2-9-22)27-20(28)18-15(23)11-25-12-16(18)24/h3-7,10-12H,2,8-9H2,1H3,(H,26,29)(H,27,28). The van der Waals surface area contributed by atoms with Crippen molar-refractivity contribution in [2.75, 3.05) is 12.4 Å². The third-order valence-corrected chi connectivity index (χ3v) is 6.86. The van der Waals surface area contributed by atoms with Gasteiger partial charge in [0.05, 0.1) is 28.3 Å². The van der Waals surface area contributed by atoms with Crippen molar-refractivity contribution in [1.82, 2.24) is 10.3 Å². The van der Waals surface area contributed by atoms with Crippen LogP contribution < -0.4 is 15.4 Å². The monoisotopic (exact) mass is 475 g/mol. The van der Waals surface area contributed by atoms with Crippen LogP contribution in [-0.4, -0.2) is 23.9 Å². The number of rotatable bonds is 6. The lowest BCUT2D eigenvalue weighted by Crippen LogP contribution is -2.50. The fourth-order valence-corrected chi connectivity index (χ4v) is 4.90. The average Bonchev–Trinajstić information content (AvgIpc) is 3.20. The van der Waals surface area contributed by atoms with Gasteiger partial charge < -0.3 is 15.4 Å². The molecule has 160 valence electrons. The van der Waals surface area contributed by atoms with Crippen LogP contribution in [0.2, 0.25) is 10.0 Å². The summed E-state index contributed by atoms with van der Waals surface area (Å²) in [5.41, 5.74) is 1.34. The number of halogens is 2. The third-order valence-electron chi connectivity index (χ3n) is 5.39. The number of carbonyl (C=O) groups excluding carboxylic acids is 2. The lowest BCUT2D eigenvalue weighted by atomic mass is 9.71. The summed E-state index contributed by atoms with van der Waals surface area (Å²) in [5, 5.41) is 8.21. The molecule has 2 heterocycles. The zero-order chi connectivity index (χ0) is 22.0. The number of aromatic nitrogens is 1. The molecule has 1 aliphatic carbocycles. The summed E-state index contributed by atoms with van der Waals surface area (Å²) in [6.07, 6.45) is 5.40. The molecule has 0 saturated heterocycles. The summed E-state index contributed by atoms with van der Waals surface area (Å²) < 4.78 is 5.21. The van der Waals surface area contributed by atoms with Crippen LogP contribution >= 0.6 is 34.5 Å². The maximum absolute atomic E-state index is 12.9. The van der Waals surface area contributed by atoms with Gasteiger partial charge in [-0.3, -0.25) is 14.6 Å². The van der Waals surface area contributed by atoms with Crippen LogP contribution in [0.4, 0.5) is 5.69 Å². The smallest absolute Gasteiger partial charge is 0.269 e. The van der Waals surface area contributed by atoms with Gasteiger partial charge in [0.1, 0.15) is 10.6 Å². The molecule has 1 aliphatic rings. The Morgan fingerprint density at radius 1 is 1.06 bits per heavy atom. The molecule has 2 aromatic heterocycles. The number of ether oxygens (including phenoxy) is 1. The van der Waals surface area contributed by atoms with Crippen molar-refractivity contribution >= 4 is 52.0 Å². The minimum Gasteiger partial charge on any atom is -0.495 e. The number of amides is 2. The van der Waals surface area contributed by atoms with Gasteiger partial charge in [0, 0.05) is 18.1 Å². The van der Waals surface area contributed by atoms with Crippen molar-refractivity contribution in [3.8, 4) is 5.75 Å². The number of benzene rings is 1. The number of nitrogens with zero attached hydrogens (tertiary/aromatic N) is 1. The van der Waals surface area contributed by atoms with E-state index >= 15 is 0 Å². The van der Waals surface area contributed by atoms with E-state index in [4.69, 9.17) is 27.9 Å². The van der Waals surface area contributed by atoms with Gasteiger partial charge in [-0.25, -0.2) is 0 Å². The zero-order valence-electron chi connectivity index (χ0n) is 16.6. The Hall–Kier alpha value is -2.61. The second kappa shape index (κ2) is 8.86. The average molecular weight is 476 g/mol. The van der Waals surface area contributed by atoms with E-state index in [0.29, 0.717) is 16.3 Å². The number of pyridine rings is 1. The number of thiophene rings is 1. The molecule has 31 heavy (non-hydrogen) atoms. The van der Waals surface area contributed by atoms with Crippen LogP contribution in [0.3, 0.4) is 0 Å². The van der Waals surface area contributed by atoms with E-state index in [-0.39, 0.29) is 27.4 Å². The SMILES string of the molecule is COc1ccsc1C(=O)Nc1ccc(C2(NC(=O)c3c(Cl)cncc3Cl)CCC2)cc1. The van der Waals surface area contributed by atoms with Gasteiger partial charge in [-0.05, 0) is 48.4 Å². The van der Waals surface area contributed by atoms with E-state index in [1.165, 1.54) is 30.8 Å². The van der Waals surface area contributed by atoms with Crippen LogP contribution in [0.5, 0.6) is 5.75 Å². The Morgan fingerprint density at radius 3 is 2.32 bits per heavy atom. The molecule has 0 radical (unpaired) electrons. The van der Waals surface area contributed by atoms with Crippen molar-refractivity contribution in [2.24, 2.45) is 0 Å². The fourth-order valence-electron chi connectivity index (χ4n) is 3.61. The summed E-state index contributed by atoms with van der Waals surface area (Å²) >= 11 is 13.6. The molecule has 0 unspecified atom stereocenters. The Labute approximate surface area is 193 Å². The molecule has 2 amide bonds. The Kier molecular flexibility index (Phi) is 6.18. The quantitative estimate of drug-likeness (QED) is 0.491. The third kappa shape index (κ3) is 4.26. The van der Waals surface area contributed by atoms with E-state index in [2.05, 4.69) is 15.6 Å². The van der Waals surface area contributed by atoms with Crippen molar-refractivity contribution in [2.45, 2.75) is 24.8 Å². The number of anilines is 1. The van der Waals surface area contributed by atoms with Crippen LogP contribution in [0, 0.1) is 0 Å². The van der Waals surface area contributed by atoms with Crippen LogP contribution in [0.15, 0.2) is 48.1 Å². The van der Waals surface area contributed by atoms with E-state index in [9.17, 15) is 9.59 Å². The van der Waals surface area contributed by atoms with Gasteiger partial charge in [-0.2, -0.15) is 0 Å². The molecular formula is C22H19Cl2N3O3S. The Bertz CT molecular complexity index is 1110. The van der Waals surface area contributed by atoms with E-state index in [1.54, 1.807) is 11.4 Å². The number of nitrogens with one attached hydrogen (secondary N) is 2. The topological polar surface area (TPSA) is 80.3 Å². The molecule has 6 nitrogen and oxygen atoms in total. The Morgan fingerprint density at radius 2 is 1.74 bits per heavy atom. The molecule has 1 saturated carbocycles. The molecule has 4 rings (SSSR count). The maximum atomic E-state index is 12.9. The van der Waals surface area contributed by atoms with Crippen LogP contribution in [-0.2, 0) is 5.54 Å². The first kappa shape index (κ1) is 21.6. The van der Waals surface area contributed by atoms with Crippen LogP contribution in [0.25, 0.3) is 0 Å². The molecule has 1 aromatic carbocycles. The number of hydrogen-bond acceptors (Lipinski definition) is 5. The van der Waals surface area contributed by atoms with E-state index < -0.39 is 5.54 Å². The highest BCUT2D eigenvalue weighted by molar-refractivity contribution is 7.12. The normalized spacial score (nSPS) is 14.4. The van der Waals surface area contributed by atoms with Gasteiger partial charge in [-0.1, -0.05) is 35.3 Å². The number of hydrogen-bond donors (Lipinski definition) is 2. The predicted molar refractivity (Wildman–Crippen MR) is 123 cm³/mol. The summed E-state index contributed by atoms with van der Waals surface area (Å²) in [4.78, 5) is 29.8. The summed E-state index contributed by atoms with van der Waals surface area (Å²) in [6.45, 7) is 0. The Balaban J connectivity index is 1.50. The second-order valence-electron chi connectivity index (χ2n) is 7.22. The van der Waals surface area contributed by atoms with Gasteiger partial charge in [0.2, 0.25) is 0 Å². The minimum absolute atomic E-state index is 0.210. The zero-order valence-corrected chi connectivity index (χ0v) is 18.9. The van der Waals surface area contributed by atoms with Crippen molar-refractivity contribution in [3.63, 3.8) is 0 Å². The molecule has 0 atom stereocenters. The van der Waals surface area contributed by atoms with Gasteiger partial charge in [0.15, 0.2) is 0 Å². The largest absolute Gasteiger partial charge is 0.495 e. The van der Waals surface area contributed by atoms with Gasteiger partial charge >= 0.3 is 0 Å². The first-order chi connectivity index (χ1) is 14.9. The molecule has 0 aliphatic heterocycles. The molecule has 0 bridgehead atoms. The van der Waals surface area contributed by atoms with Gasteiger partial charge in [0.25, 0.3) is 11.8 Å². The minimum atomic E-state index is -0.494. The summed E-state index contributed by atoms with van der Waals surface area (Å²) in [6, 6.07) is 9.23. The molecule has 0 spiro atoms. The predicted octanol–water partition coefficient (Wildman–Crippen LogP) is 5.52. The molecular weight excluding hydrogens is 457 g/mol. The highest BCUT2D eigenvalue weighted by Crippen LogP contribution is 2.42. The van der Waals surface area contributed by atoms with E-state index in [0.717, 1.165) is 24.8 Å². The molecule has 9 heteroatoms. The highest BCUT2D eigenvalue weighted by atomic mass is 35.5. The lowest BCUT2D eigenvalue weighted by Gasteiger charge is -2.43. The molecule has 3 aromatic rings. The summed E-state index contributed by atoms with van der Waals surface area (Å²) in [7, 11) is 1.53. The lowest BCUT2D eigenvalue weighted by molar-refractivity contribution is 0.0823. The molecule has 1 fully saturated rings. The molecule has 2 N–H and O–H groups in total. The first-order valence-electron chi connectivity index (χ1n) is 9.58.